The first kappa shape index (κ1) is 9.97. The maximum absolute atomic E-state index is 11.4. The third kappa shape index (κ3) is 2.47. The van der Waals surface area contributed by atoms with E-state index in [1.165, 1.54) is 6.42 Å². The number of hydrogen-bond donors (Lipinski definition) is 2. The van der Waals surface area contributed by atoms with Gasteiger partial charge in [-0.15, -0.1) is 0 Å². The largest absolute Gasteiger partial charge is 0.393 e. The first-order valence-electron chi connectivity index (χ1n) is 5.73. The maximum Gasteiger partial charge on any atom is 0.223 e. The molecule has 0 aliphatic heterocycles. The van der Waals surface area contributed by atoms with Crippen LogP contribution in [-0.2, 0) is 4.79 Å². The zero-order valence-electron chi connectivity index (χ0n) is 8.54. The molecule has 0 spiro atoms. The number of hydrogen-bond acceptors (Lipinski definition) is 2. The predicted octanol–water partition coefficient (Wildman–Crippen LogP) is 1.06. The third-order valence-electron chi connectivity index (χ3n) is 3.38. The summed E-state index contributed by atoms with van der Waals surface area (Å²) in [5.41, 5.74) is 0. The van der Waals surface area contributed by atoms with Crippen molar-refractivity contribution < 1.29 is 9.90 Å². The average Bonchev–Trinajstić information content (AvgIpc) is 2.82. The second-order valence-corrected chi connectivity index (χ2v) is 4.61. The van der Waals surface area contributed by atoms with Crippen LogP contribution in [0, 0.1) is 11.8 Å². The fraction of sp³-hybridized carbons (Fsp3) is 0.909. The van der Waals surface area contributed by atoms with Crippen LogP contribution in [-0.4, -0.2) is 23.7 Å². The molecule has 0 bridgehead atoms. The molecule has 80 valence electrons. The van der Waals surface area contributed by atoms with E-state index in [4.69, 9.17) is 0 Å². The molecular weight excluding hydrogens is 178 g/mol. The van der Waals surface area contributed by atoms with E-state index in [-0.39, 0.29) is 17.9 Å². The summed E-state index contributed by atoms with van der Waals surface area (Å²) >= 11 is 0. The van der Waals surface area contributed by atoms with Crippen molar-refractivity contribution in [3.63, 3.8) is 0 Å². The molecule has 0 heterocycles. The summed E-state index contributed by atoms with van der Waals surface area (Å²) in [5.74, 6) is 0.989. The van der Waals surface area contributed by atoms with E-state index in [1.807, 2.05) is 0 Å². The molecular formula is C11H19NO2. The minimum atomic E-state index is -0.184. The number of nitrogens with one attached hydrogen (secondary N) is 1. The van der Waals surface area contributed by atoms with E-state index in [9.17, 15) is 9.90 Å². The van der Waals surface area contributed by atoms with Gasteiger partial charge in [0.05, 0.1) is 6.10 Å². The Morgan fingerprint density at radius 3 is 2.57 bits per heavy atom. The summed E-state index contributed by atoms with van der Waals surface area (Å²) in [4.78, 5) is 11.4. The highest BCUT2D eigenvalue weighted by molar-refractivity contribution is 5.79. The molecule has 0 aromatic carbocycles. The molecule has 2 fully saturated rings. The lowest BCUT2D eigenvalue weighted by atomic mass is 9.85. The van der Waals surface area contributed by atoms with Gasteiger partial charge < -0.3 is 10.4 Å². The van der Waals surface area contributed by atoms with Crippen LogP contribution < -0.4 is 5.32 Å². The van der Waals surface area contributed by atoms with Crippen LogP contribution in [0.1, 0.15) is 38.5 Å². The van der Waals surface area contributed by atoms with Crippen LogP contribution in [0.15, 0.2) is 0 Å². The molecule has 14 heavy (non-hydrogen) atoms. The number of carbonyl (C=O) groups excluding carboxylic acids is 1. The highest BCUT2D eigenvalue weighted by Gasteiger charge is 2.29. The van der Waals surface area contributed by atoms with Gasteiger partial charge in [-0.3, -0.25) is 4.79 Å². The van der Waals surface area contributed by atoms with Gasteiger partial charge in [-0.1, -0.05) is 6.42 Å². The molecule has 2 saturated carbocycles. The molecule has 0 unspecified atom stereocenters. The monoisotopic (exact) mass is 197 g/mol. The minimum Gasteiger partial charge on any atom is -0.393 e. The first-order chi connectivity index (χ1) is 6.77. The predicted molar refractivity (Wildman–Crippen MR) is 53.7 cm³/mol. The number of carbonyl (C=O) groups is 1. The fourth-order valence-corrected chi connectivity index (χ4v) is 1.87. The fourth-order valence-electron chi connectivity index (χ4n) is 1.87. The topological polar surface area (TPSA) is 49.3 Å². The summed E-state index contributed by atoms with van der Waals surface area (Å²) in [6.45, 7) is 0.646. The smallest absolute Gasteiger partial charge is 0.223 e. The Morgan fingerprint density at radius 2 is 2.07 bits per heavy atom. The summed E-state index contributed by atoms with van der Waals surface area (Å²) in [6.07, 6.45) is 6.17. The SMILES string of the molecule is O=C(NCC[C@H](O)C1CC1)C1CCC1. The lowest BCUT2D eigenvalue weighted by molar-refractivity contribution is -0.127. The Labute approximate surface area is 84.9 Å². The van der Waals surface area contributed by atoms with Crippen LogP contribution in [0.2, 0.25) is 0 Å². The number of rotatable bonds is 5. The molecule has 3 nitrogen and oxygen atoms in total. The summed E-state index contributed by atoms with van der Waals surface area (Å²) in [7, 11) is 0. The normalized spacial score (nSPS) is 24.1. The van der Waals surface area contributed by atoms with Gasteiger partial charge >= 0.3 is 0 Å². The van der Waals surface area contributed by atoms with E-state index in [0.717, 1.165) is 32.1 Å². The molecule has 1 amide bonds. The van der Waals surface area contributed by atoms with Crippen molar-refractivity contribution in [1.29, 1.82) is 0 Å². The first-order valence-corrected chi connectivity index (χ1v) is 5.73. The molecule has 2 N–H and O–H groups in total. The van der Waals surface area contributed by atoms with E-state index < -0.39 is 0 Å². The van der Waals surface area contributed by atoms with Crippen molar-refractivity contribution in [2.24, 2.45) is 11.8 Å². The Hall–Kier alpha value is -0.570. The van der Waals surface area contributed by atoms with Gasteiger partial charge in [0, 0.05) is 12.5 Å². The Balaban J connectivity index is 1.54. The van der Waals surface area contributed by atoms with Crippen molar-refractivity contribution >= 4 is 5.91 Å². The second kappa shape index (κ2) is 4.30. The van der Waals surface area contributed by atoms with Crippen LogP contribution in [0.4, 0.5) is 0 Å². The molecule has 2 aliphatic rings. The molecule has 2 aliphatic carbocycles. The van der Waals surface area contributed by atoms with Crippen LogP contribution >= 0.6 is 0 Å². The van der Waals surface area contributed by atoms with Crippen molar-refractivity contribution in [3.05, 3.63) is 0 Å². The van der Waals surface area contributed by atoms with E-state index in [2.05, 4.69) is 5.32 Å². The van der Waals surface area contributed by atoms with Gasteiger partial charge in [-0.2, -0.15) is 0 Å². The van der Waals surface area contributed by atoms with Gasteiger partial charge in [0.2, 0.25) is 5.91 Å². The molecule has 0 saturated heterocycles. The number of aliphatic hydroxyl groups excluding tert-OH is 1. The quantitative estimate of drug-likeness (QED) is 0.692. The second-order valence-electron chi connectivity index (χ2n) is 4.61. The van der Waals surface area contributed by atoms with Gasteiger partial charge in [-0.25, -0.2) is 0 Å². The highest BCUT2D eigenvalue weighted by Crippen LogP contribution is 2.33. The summed E-state index contributed by atoms with van der Waals surface area (Å²) < 4.78 is 0. The maximum atomic E-state index is 11.4. The van der Waals surface area contributed by atoms with Gasteiger partial charge in [0.1, 0.15) is 0 Å². The Bertz CT molecular complexity index is 209. The average molecular weight is 197 g/mol. The lowest BCUT2D eigenvalue weighted by Gasteiger charge is -2.24. The van der Waals surface area contributed by atoms with Crippen molar-refractivity contribution in [2.45, 2.75) is 44.6 Å². The van der Waals surface area contributed by atoms with E-state index in [0.29, 0.717) is 12.5 Å². The molecule has 0 aromatic rings. The van der Waals surface area contributed by atoms with Gasteiger partial charge in [0.25, 0.3) is 0 Å². The Kier molecular flexibility index (Phi) is 3.06. The highest BCUT2D eigenvalue weighted by atomic mass is 16.3. The molecule has 1 atom stereocenters. The summed E-state index contributed by atoms with van der Waals surface area (Å²) in [6, 6.07) is 0. The lowest BCUT2D eigenvalue weighted by Crippen LogP contribution is -2.36. The van der Waals surface area contributed by atoms with E-state index >= 15 is 0 Å². The number of aliphatic hydroxyl groups is 1. The van der Waals surface area contributed by atoms with Crippen LogP contribution in [0.5, 0.6) is 0 Å². The molecule has 0 radical (unpaired) electrons. The van der Waals surface area contributed by atoms with Crippen molar-refractivity contribution in [2.75, 3.05) is 6.54 Å². The third-order valence-corrected chi connectivity index (χ3v) is 3.38. The molecule has 2 rings (SSSR count). The van der Waals surface area contributed by atoms with Crippen molar-refractivity contribution in [3.8, 4) is 0 Å². The zero-order chi connectivity index (χ0) is 9.97. The number of amides is 1. The molecule has 3 heteroatoms. The van der Waals surface area contributed by atoms with Crippen molar-refractivity contribution in [1.82, 2.24) is 5.32 Å². The van der Waals surface area contributed by atoms with E-state index in [1.54, 1.807) is 0 Å². The van der Waals surface area contributed by atoms with Gasteiger partial charge in [0.15, 0.2) is 0 Å². The molecule has 0 aromatic heterocycles. The van der Waals surface area contributed by atoms with Crippen LogP contribution in [0.25, 0.3) is 0 Å². The summed E-state index contributed by atoms with van der Waals surface area (Å²) in [5, 5.41) is 12.5. The van der Waals surface area contributed by atoms with Gasteiger partial charge in [-0.05, 0) is 38.0 Å². The standard InChI is InChI=1S/C11H19NO2/c13-10(8-4-5-8)6-7-12-11(14)9-2-1-3-9/h8-10,13H,1-7H2,(H,12,14)/t10-/m0/s1. The zero-order valence-corrected chi connectivity index (χ0v) is 8.54. The Morgan fingerprint density at radius 1 is 1.36 bits per heavy atom. The van der Waals surface area contributed by atoms with Crippen LogP contribution in [0.3, 0.4) is 0 Å². The minimum absolute atomic E-state index is 0.184.